The number of alkyl halides is 3. The van der Waals surface area contributed by atoms with Gasteiger partial charge in [0, 0.05) is 16.8 Å². The summed E-state index contributed by atoms with van der Waals surface area (Å²) in [5.41, 5.74) is 6.06. The second-order valence-electron chi connectivity index (χ2n) is 5.28. The number of hydrogen-bond donors (Lipinski definition) is 1. The van der Waals surface area contributed by atoms with Gasteiger partial charge in [0.15, 0.2) is 0 Å². The quantitative estimate of drug-likeness (QED) is 0.737. The van der Waals surface area contributed by atoms with Crippen molar-refractivity contribution in [2.75, 3.05) is 12.3 Å². The molecule has 2 aromatic carbocycles. The van der Waals surface area contributed by atoms with Crippen LogP contribution in [0.2, 0.25) is 5.02 Å². The van der Waals surface area contributed by atoms with Crippen LogP contribution in [0.25, 0.3) is 10.9 Å². The first-order chi connectivity index (χ1) is 11.8. The predicted octanol–water partition coefficient (Wildman–Crippen LogP) is 4.51. The molecule has 0 bridgehead atoms. The van der Waals surface area contributed by atoms with Crippen molar-refractivity contribution in [2.45, 2.75) is 12.6 Å². The predicted molar refractivity (Wildman–Crippen MR) is 89.6 cm³/mol. The van der Waals surface area contributed by atoms with Gasteiger partial charge in [-0.15, -0.1) is 0 Å². The van der Waals surface area contributed by atoms with E-state index >= 15 is 0 Å². The maximum Gasteiger partial charge on any atom is 0.420 e. The van der Waals surface area contributed by atoms with E-state index in [4.69, 9.17) is 22.1 Å². The van der Waals surface area contributed by atoms with Crippen molar-refractivity contribution < 1.29 is 17.9 Å². The fourth-order valence-corrected chi connectivity index (χ4v) is 2.63. The van der Waals surface area contributed by atoms with E-state index in [9.17, 15) is 13.2 Å². The number of nitrogen functional groups attached to an aromatic ring is 1. The molecule has 25 heavy (non-hydrogen) atoms. The van der Waals surface area contributed by atoms with E-state index in [0.29, 0.717) is 11.2 Å². The Morgan fingerprint density at radius 3 is 2.60 bits per heavy atom. The Balaban J connectivity index is 1.81. The van der Waals surface area contributed by atoms with E-state index in [1.165, 1.54) is 12.1 Å². The lowest BCUT2D eigenvalue weighted by molar-refractivity contribution is -0.138. The van der Waals surface area contributed by atoms with Crippen LogP contribution in [-0.2, 0) is 12.6 Å². The first-order valence-corrected chi connectivity index (χ1v) is 7.73. The normalized spacial score (nSPS) is 11.7. The largest absolute Gasteiger partial charge is 0.493 e. The minimum Gasteiger partial charge on any atom is -0.493 e. The molecule has 0 fully saturated rings. The number of fused-ring (bicyclic) bond motifs is 1. The van der Waals surface area contributed by atoms with Crippen LogP contribution in [0, 0.1) is 0 Å². The molecule has 3 rings (SSSR count). The van der Waals surface area contributed by atoms with Crippen LogP contribution in [-0.4, -0.2) is 16.6 Å². The van der Waals surface area contributed by atoms with Gasteiger partial charge in [-0.25, -0.2) is 9.97 Å². The van der Waals surface area contributed by atoms with Crippen LogP contribution < -0.4 is 10.5 Å². The molecule has 4 nitrogen and oxygen atoms in total. The smallest absolute Gasteiger partial charge is 0.420 e. The average molecular weight is 368 g/mol. The highest BCUT2D eigenvalue weighted by Crippen LogP contribution is 2.37. The summed E-state index contributed by atoms with van der Waals surface area (Å²) in [5.74, 6) is -0.167. The number of hydrogen-bond acceptors (Lipinski definition) is 4. The summed E-state index contributed by atoms with van der Waals surface area (Å²) >= 11 is 5.65. The zero-order chi connectivity index (χ0) is 18.0. The Morgan fingerprint density at radius 1 is 1.08 bits per heavy atom. The molecule has 0 aliphatic heterocycles. The van der Waals surface area contributed by atoms with Crippen LogP contribution in [0.3, 0.4) is 0 Å². The van der Waals surface area contributed by atoms with E-state index in [2.05, 4.69) is 9.97 Å². The van der Waals surface area contributed by atoms with E-state index in [-0.39, 0.29) is 29.7 Å². The molecule has 3 aromatic rings. The van der Waals surface area contributed by atoms with Crippen molar-refractivity contribution >= 4 is 28.5 Å². The number of halogens is 4. The van der Waals surface area contributed by atoms with Gasteiger partial charge in [-0.1, -0.05) is 29.8 Å². The summed E-state index contributed by atoms with van der Waals surface area (Å²) in [4.78, 5) is 8.28. The van der Waals surface area contributed by atoms with E-state index in [0.717, 1.165) is 11.5 Å². The summed E-state index contributed by atoms with van der Waals surface area (Å²) in [6, 6.07) is 10.7. The van der Waals surface area contributed by atoms with Crippen LogP contribution >= 0.6 is 11.6 Å². The fraction of sp³-hybridized carbons (Fsp3) is 0.176. The molecule has 1 heterocycles. The second-order valence-corrected chi connectivity index (χ2v) is 5.72. The van der Waals surface area contributed by atoms with E-state index in [1.807, 2.05) is 18.2 Å². The molecule has 0 saturated heterocycles. The maximum atomic E-state index is 13.1. The molecule has 0 aliphatic rings. The molecule has 0 unspecified atom stereocenters. The molecule has 8 heteroatoms. The zero-order valence-corrected chi connectivity index (χ0v) is 13.6. The van der Waals surface area contributed by atoms with Gasteiger partial charge >= 0.3 is 6.18 Å². The molecule has 0 amide bonds. The standard InChI is InChI=1S/C17H13ClF3N3O/c18-10-5-6-15(12(9-10)17(19,20)21)25-8-7-14-11-3-1-2-4-13(11)23-16(22)24-14/h1-6,9H,7-8H2,(H2,22,23,24). The highest BCUT2D eigenvalue weighted by atomic mass is 35.5. The number of rotatable bonds is 4. The third kappa shape index (κ3) is 3.93. The summed E-state index contributed by atoms with van der Waals surface area (Å²) in [7, 11) is 0. The lowest BCUT2D eigenvalue weighted by Gasteiger charge is -2.14. The highest BCUT2D eigenvalue weighted by Gasteiger charge is 2.34. The molecule has 2 N–H and O–H groups in total. The van der Waals surface area contributed by atoms with Gasteiger partial charge in [-0.3, -0.25) is 0 Å². The summed E-state index contributed by atoms with van der Waals surface area (Å²) < 4.78 is 44.5. The summed E-state index contributed by atoms with van der Waals surface area (Å²) in [5, 5.41) is 0.779. The molecule has 0 spiro atoms. The van der Waals surface area contributed by atoms with Gasteiger partial charge < -0.3 is 10.5 Å². The van der Waals surface area contributed by atoms with Gasteiger partial charge in [0.25, 0.3) is 0 Å². The van der Waals surface area contributed by atoms with Crippen molar-refractivity contribution in [3.05, 3.63) is 58.7 Å². The van der Waals surface area contributed by atoms with Gasteiger partial charge in [-0.2, -0.15) is 13.2 Å². The Bertz CT molecular complexity index is 915. The molecule has 0 atom stereocenters. The van der Waals surface area contributed by atoms with Crippen LogP contribution in [0.1, 0.15) is 11.3 Å². The minimum atomic E-state index is -4.55. The number of anilines is 1. The monoisotopic (exact) mass is 367 g/mol. The maximum absolute atomic E-state index is 13.1. The molecule has 130 valence electrons. The first-order valence-electron chi connectivity index (χ1n) is 7.35. The van der Waals surface area contributed by atoms with E-state index < -0.39 is 11.7 Å². The Hall–Kier alpha value is -2.54. The Labute approximate surface area is 146 Å². The van der Waals surface area contributed by atoms with Crippen LogP contribution in [0.4, 0.5) is 19.1 Å². The molecular weight excluding hydrogens is 355 g/mol. The third-order valence-electron chi connectivity index (χ3n) is 3.54. The number of nitrogens with zero attached hydrogens (tertiary/aromatic N) is 2. The SMILES string of the molecule is Nc1nc(CCOc2ccc(Cl)cc2C(F)(F)F)c2ccccc2n1. The van der Waals surface area contributed by atoms with Crippen LogP contribution in [0.5, 0.6) is 5.75 Å². The van der Waals surface area contributed by atoms with Crippen molar-refractivity contribution in [2.24, 2.45) is 0 Å². The van der Waals surface area contributed by atoms with Crippen molar-refractivity contribution in [3.8, 4) is 5.75 Å². The van der Waals surface area contributed by atoms with E-state index in [1.54, 1.807) is 6.07 Å². The Kier molecular flexibility index (Phi) is 4.67. The van der Waals surface area contributed by atoms with Crippen molar-refractivity contribution in [1.82, 2.24) is 9.97 Å². The molecule has 0 radical (unpaired) electrons. The molecule has 0 aliphatic carbocycles. The molecule has 0 saturated carbocycles. The fourth-order valence-electron chi connectivity index (χ4n) is 2.46. The minimum absolute atomic E-state index is 0.00512. The third-order valence-corrected chi connectivity index (χ3v) is 3.78. The zero-order valence-electron chi connectivity index (χ0n) is 12.8. The number of aromatic nitrogens is 2. The lowest BCUT2D eigenvalue weighted by atomic mass is 10.1. The highest BCUT2D eigenvalue weighted by molar-refractivity contribution is 6.30. The molecule has 1 aromatic heterocycles. The number of ether oxygens (including phenoxy) is 1. The number of benzene rings is 2. The summed E-state index contributed by atoms with van der Waals surface area (Å²) in [6.07, 6.45) is -4.26. The van der Waals surface area contributed by atoms with Gasteiger partial charge in [0.2, 0.25) is 5.95 Å². The van der Waals surface area contributed by atoms with Crippen LogP contribution in [0.15, 0.2) is 42.5 Å². The van der Waals surface area contributed by atoms with Crippen molar-refractivity contribution in [3.63, 3.8) is 0 Å². The number of para-hydroxylation sites is 1. The Morgan fingerprint density at radius 2 is 1.84 bits per heavy atom. The molecular formula is C17H13ClF3N3O. The first kappa shape index (κ1) is 17.3. The lowest BCUT2D eigenvalue weighted by Crippen LogP contribution is -2.11. The number of nitrogens with two attached hydrogens (primary N) is 1. The topological polar surface area (TPSA) is 61.0 Å². The second kappa shape index (κ2) is 6.76. The van der Waals surface area contributed by atoms with Gasteiger partial charge in [0.1, 0.15) is 5.75 Å². The summed E-state index contributed by atoms with van der Waals surface area (Å²) in [6.45, 7) is 0.00512. The average Bonchev–Trinajstić information content (AvgIpc) is 2.55. The van der Waals surface area contributed by atoms with Gasteiger partial charge in [0.05, 0.1) is 23.4 Å². The van der Waals surface area contributed by atoms with Gasteiger partial charge in [-0.05, 0) is 24.3 Å². The van der Waals surface area contributed by atoms with Crippen molar-refractivity contribution in [1.29, 1.82) is 0 Å².